The lowest BCUT2D eigenvalue weighted by atomic mass is 9.88. The molecule has 0 aliphatic carbocycles. The number of hydrogen-bond donors (Lipinski definition) is 0. The third-order valence-corrected chi connectivity index (χ3v) is 16.1. The highest BCUT2D eigenvalue weighted by atomic mass is 17.2. The van der Waals surface area contributed by atoms with E-state index >= 15 is 19.2 Å². The predicted octanol–water partition coefficient (Wildman–Crippen LogP) is 19.6. The van der Waals surface area contributed by atoms with Crippen molar-refractivity contribution < 1.29 is 95.6 Å². The first-order chi connectivity index (χ1) is 45.6. The minimum absolute atomic E-state index is 0.00337. The molecule has 0 bridgehead atoms. The number of rotatable bonds is 54. The van der Waals surface area contributed by atoms with Gasteiger partial charge in [-0.1, -0.05) is 234 Å². The standard InChI is InChI=1S/C74H114O20/c1-9-17-25-33-47-59(89-71(81)85-51-37-29-21-13-5)65(75)55-43-41-45-57(63(55)67(77)61(49-35-27-19-11-3)91-73(83)87-53-39-31-23-15-7)69(79)93-94-70(80)58-46-42-44-56(66(76)60(48-34-26-18-10-2)90-72(82)86-52-38-30-22-14-6)64(58)68(78)62(50-36-28-20-12-4)92-74(84)88-54-40-32-24-16-8/h41-46,59-62H,9-40,47-54H2,1-8H3. The summed E-state index contributed by atoms with van der Waals surface area (Å²) in [5.74, 6) is -6.81. The molecule has 0 fully saturated rings. The summed E-state index contributed by atoms with van der Waals surface area (Å²) in [5.41, 5.74) is -3.28. The summed E-state index contributed by atoms with van der Waals surface area (Å²) in [7, 11) is 0. The highest BCUT2D eigenvalue weighted by Crippen LogP contribution is 2.29. The van der Waals surface area contributed by atoms with Crippen molar-refractivity contribution in [1.29, 1.82) is 0 Å². The molecular formula is C74H114O20. The second-order valence-corrected chi connectivity index (χ2v) is 24.1. The van der Waals surface area contributed by atoms with Gasteiger partial charge in [-0.3, -0.25) is 19.2 Å². The Balaban J connectivity index is 2.98. The topological polar surface area (TPSA) is 263 Å². The van der Waals surface area contributed by atoms with Crippen LogP contribution in [-0.2, 0) is 47.7 Å². The summed E-state index contributed by atoms with van der Waals surface area (Å²) in [6.45, 7) is 16.2. The zero-order valence-electron chi connectivity index (χ0n) is 58.2. The van der Waals surface area contributed by atoms with Gasteiger partial charge < -0.3 is 37.9 Å². The molecule has 0 heterocycles. The molecule has 2 aromatic rings. The Hall–Kier alpha value is -6.86. The molecule has 0 aliphatic heterocycles. The molecule has 2 rings (SSSR count). The van der Waals surface area contributed by atoms with Crippen molar-refractivity contribution >= 4 is 59.7 Å². The molecule has 530 valence electrons. The Labute approximate surface area is 560 Å². The number of ether oxygens (including phenoxy) is 8. The van der Waals surface area contributed by atoms with E-state index in [9.17, 15) is 28.8 Å². The quantitative estimate of drug-likeness (QED) is 0.0149. The maximum atomic E-state index is 15.3. The molecule has 2 aromatic carbocycles. The fourth-order valence-electron chi connectivity index (χ4n) is 10.6. The summed E-state index contributed by atoms with van der Waals surface area (Å²) in [6, 6.07) is 7.34. The van der Waals surface area contributed by atoms with Crippen LogP contribution in [0.5, 0.6) is 0 Å². The SMILES string of the molecule is CCCCCCOC(=O)OC(CCCCCC)C(=O)c1cccc(C(=O)OOC(=O)c2cccc(C(=O)C(CCCCCC)OC(=O)OCCCCCC)c2C(=O)C(CCCCCC)OC(=O)OCCCCCC)c1C(=O)C(CCCCCC)OC(=O)OCCCCCC. The molecule has 4 unspecified atom stereocenters. The summed E-state index contributed by atoms with van der Waals surface area (Å²) < 4.78 is 44.6. The van der Waals surface area contributed by atoms with Crippen molar-refractivity contribution in [2.75, 3.05) is 26.4 Å². The normalized spacial score (nSPS) is 12.3. The van der Waals surface area contributed by atoms with E-state index in [1.807, 2.05) is 55.4 Å². The zero-order valence-corrected chi connectivity index (χ0v) is 58.2. The Kier molecular flexibility index (Phi) is 46.4. The molecule has 20 nitrogen and oxygen atoms in total. The molecule has 0 aromatic heterocycles. The van der Waals surface area contributed by atoms with Gasteiger partial charge in [-0.05, 0) is 89.2 Å². The first-order valence-corrected chi connectivity index (χ1v) is 35.8. The van der Waals surface area contributed by atoms with Crippen LogP contribution in [0.25, 0.3) is 0 Å². The number of hydrogen-bond acceptors (Lipinski definition) is 20. The molecule has 0 amide bonds. The Morgan fingerprint density at radius 3 is 0.713 bits per heavy atom. The molecular weight excluding hydrogens is 1210 g/mol. The van der Waals surface area contributed by atoms with Crippen LogP contribution in [0, 0.1) is 0 Å². The molecule has 94 heavy (non-hydrogen) atoms. The summed E-state index contributed by atoms with van der Waals surface area (Å²) in [6.07, 6.45) is 12.5. The Bertz CT molecular complexity index is 2370. The van der Waals surface area contributed by atoms with Crippen LogP contribution in [0.3, 0.4) is 0 Å². The van der Waals surface area contributed by atoms with E-state index in [0.29, 0.717) is 77.0 Å². The Morgan fingerprint density at radius 1 is 0.266 bits per heavy atom. The lowest BCUT2D eigenvalue weighted by molar-refractivity contribution is -0.187. The van der Waals surface area contributed by atoms with Crippen LogP contribution in [0.1, 0.15) is 349 Å². The molecule has 0 saturated heterocycles. The predicted molar refractivity (Wildman–Crippen MR) is 358 cm³/mol. The number of ketones is 4. The van der Waals surface area contributed by atoms with E-state index in [0.717, 1.165) is 141 Å². The molecule has 0 N–H and O–H groups in total. The monoisotopic (exact) mass is 1320 g/mol. The van der Waals surface area contributed by atoms with E-state index in [4.69, 9.17) is 47.7 Å². The maximum absolute atomic E-state index is 15.3. The highest BCUT2D eigenvalue weighted by Gasteiger charge is 2.39. The molecule has 0 saturated carbocycles. The van der Waals surface area contributed by atoms with Crippen molar-refractivity contribution in [3.05, 3.63) is 69.8 Å². The van der Waals surface area contributed by atoms with Crippen molar-refractivity contribution in [1.82, 2.24) is 0 Å². The van der Waals surface area contributed by atoms with Crippen molar-refractivity contribution in [3.8, 4) is 0 Å². The third kappa shape index (κ3) is 33.5. The molecule has 20 heteroatoms. The van der Waals surface area contributed by atoms with Crippen molar-refractivity contribution in [2.24, 2.45) is 0 Å². The summed E-state index contributed by atoms with van der Waals surface area (Å²) in [5, 5.41) is 0. The lowest BCUT2D eigenvalue weighted by Crippen LogP contribution is -2.34. The highest BCUT2D eigenvalue weighted by molar-refractivity contribution is 6.18. The van der Waals surface area contributed by atoms with E-state index in [1.54, 1.807) is 0 Å². The van der Waals surface area contributed by atoms with Gasteiger partial charge in [0.2, 0.25) is 23.1 Å². The van der Waals surface area contributed by atoms with Crippen LogP contribution in [0.2, 0.25) is 0 Å². The second-order valence-electron chi connectivity index (χ2n) is 24.1. The van der Waals surface area contributed by atoms with Crippen LogP contribution in [0.4, 0.5) is 19.2 Å². The average Bonchev–Trinajstić information content (AvgIpc) is 0.799. The maximum Gasteiger partial charge on any atom is 0.508 e. The van der Waals surface area contributed by atoms with E-state index < -0.39 is 117 Å². The van der Waals surface area contributed by atoms with E-state index in [-0.39, 0.29) is 52.1 Å². The number of Topliss-reactive ketones (excluding diaryl/α,β-unsaturated/α-hetero) is 4. The smallest absolute Gasteiger partial charge is 0.434 e. The van der Waals surface area contributed by atoms with Crippen LogP contribution in [0.15, 0.2) is 36.4 Å². The number of carbonyl (C=O) groups excluding carboxylic acids is 10. The first kappa shape index (κ1) is 83.2. The number of carbonyl (C=O) groups is 10. The third-order valence-electron chi connectivity index (χ3n) is 16.1. The minimum atomic E-state index is -1.63. The van der Waals surface area contributed by atoms with Gasteiger partial charge in [0.25, 0.3) is 0 Å². The molecule has 4 atom stereocenters. The van der Waals surface area contributed by atoms with E-state index in [1.165, 1.54) is 24.3 Å². The van der Waals surface area contributed by atoms with Gasteiger partial charge in [-0.25, -0.2) is 38.5 Å². The fraction of sp³-hybridized carbons (Fsp3) is 0.703. The Morgan fingerprint density at radius 2 is 0.479 bits per heavy atom. The zero-order chi connectivity index (χ0) is 69.1. The van der Waals surface area contributed by atoms with Crippen LogP contribution < -0.4 is 0 Å². The van der Waals surface area contributed by atoms with Crippen LogP contribution in [-0.4, -0.2) is 111 Å². The van der Waals surface area contributed by atoms with Gasteiger partial charge in [0.05, 0.1) is 37.6 Å². The number of benzene rings is 2. The molecule has 0 radical (unpaired) electrons. The molecule has 0 spiro atoms. The van der Waals surface area contributed by atoms with Gasteiger partial charge in [0.15, 0.2) is 24.4 Å². The largest absolute Gasteiger partial charge is 0.508 e. The van der Waals surface area contributed by atoms with Gasteiger partial charge in [0.1, 0.15) is 0 Å². The van der Waals surface area contributed by atoms with Gasteiger partial charge in [0, 0.05) is 22.3 Å². The van der Waals surface area contributed by atoms with Gasteiger partial charge in [-0.15, -0.1) is 0 Å². The molecule has 0 aliphatic rings. The van der Waals surface area contributed by atoms with E-state index in [2.05, 4.69) is 0 Å². The first-order valence-electron chi connectivity index (χ1n) is 35.8. The summed E-state index contributed by atoms with van der Waals surface area (Å²) >= 11 is 0. The lowest BCUT2D eigenvalue weighted by Gasteiger charge is -2.22. The van der Waals surface area contributed by atoms with Crippen LogP contribution >= 0.6 is 0 Å². The summed E-state index contributed by atoms with van der Waals surface area (Å²) in [4.78, 5) is 154. The average molecular weight is 1320 g/mol. The second kappa shape index (κ2) is 52.4. The minimum Gasteiger partial charge on any atom is -0.434 e. The van der Waals surface area contributed by atoms with Gasteiger partial charge >= 0.3 is 36.6 Å². The fourth-order valence-corrected chi connectivity index (χ4v) is 10.6. The number of unbranched alkanes of at least 4 members (excludes halogenated alkanes) is 24. The van der Waals surface area contributed by atoms with Crippen molar-refractivity contribution in [3.63, 3.8) is 0 Å². The van der Waals surface area contributed by atoms with Gasteiger partial charge in [-0.2, -0.15) is 0 Å². The van der Waals surface area contributed by atoms with Crippen molar-refractivity contribution in [2.45, 2.75) is 311 Å².